The highest BCUT2D eigenvalue weighted by atomic mass is 19.4. The number of piperazine rings is 1. The lowest BCUT2D eigenvalue weighted by Gasteiger charge is -2.37. The molecular weight excluding hydrogens is 337 g/mol. The molecule has 0 spiro atoms. The van der Waals surface area contributed by atoms with Crippen LogP contribution >= 0.6 is 0 Å². The molecule has 5 heteroatoms. The topological polar surface area (TPSA) is 6.48 Å². The Bertz CT molecular complexity index is 870. The molecule has 0 aromatic heterocycles. The minimum Gasteiger partial charge on any atom is -0.368 e. The van der Waals surface area contributed by atoms with Gasteiger partial charge >= 0.3 is 6.18 Å². The minimum absolute atomic E-state index is 0.0387. The van der Waals surface area contributed by atoms with Crippen molar-refractivity contribution < 1.29 is 18.7 Å². The molecule has 0 N–H and O–H groups in total. The molecule has 0 bridgehead atoms. The van der Waals surface area contributed by atoms with E-state index in [2.05, 4.69) is 20.8 Å². The second-order valence-corrected chi connectivity index (χ2v) is 7.35. The first kappa shape index (κ1) is 14.0. The summed E-state index contributed by atoms with van der Waals surface area (Å²) in [5, 5.41) is 0. The van der Waals surface area contributed by atoms with Crippen LogP contribution in [0.2, 0.25) is 0 Å². The number of hydrogen-bond donors (Lipinski definition) is 0. The summed E-state index contributed by atoms with van der Waals surface area (Å²) in [6.07, 6.45) is -4.51. The summed E-state index contributed by atoms with van der Waals surface area (Å²) in [6, 6.07) is 11.5. The smallest absolute Gasteiger partial charge is 0.368 e. The molecule has 0 atom stereocenters. The number of rotatable bonds is 2. The fourth-order valence-corrected chi connectivity index (χ4v) is 2.76. The van der Waals surface area contributed by atoms with Crippen LogP contribution < -0.4 is 9.80 Å². The van der Waals surface area contributed by atoms with Crippen molar-refractivity contribution in [3.8, 4) is 0 Å². The SMILES string of the molecule is [2H]C1([2H])CN(c2ccc(C(C)(C)C)cc2)CC([2H])([2H])N1c1ccc(C(F)(F)F)cc1. The Morgan fingerprint density at radius 2 is 1.15 bits per heavy atom. The van der Waals surface area contributed by atoms with Crippen LogP contribution in [0.25, 0.3) is 0 Å². The molecule has 1 fully saturated rings. The van der Waals surface area contributed by atoms with Crippen molar-refractivity contribution in [3.05, 3.63) is 59.7 Å². The van der Waals surface area contributed by atoms with Gasteiger partial charge in [0.15, 0.2) is 0 Å². The van der Waals surface area contributed by atoms with E-state index in [1.54, 1.807) is 4.90 Å². The van der Waals surface area contributed by atoms with Crippen LogP contribution in [0.1, 0.15) is 37.4 Å². The molecule has 0 unspecified atom stereocenters. The Labute approximate surface area is 158 Å². The van der Waals surface area contributed by atoms with Crippen LogP contribution in [-0.4, -0.2) is 26.1 Å². The van der Waals surface area contributed by atoms with Crippen LogP contribution in [0.5, 0.6) is 0 Å². The summed E-state index contributed by atoms with van der Waals surface area (Å²) in [5.74, 6) is 0. The number of benzene rings is 2. The fourth-order valence-electron chi connectivity index (χ4n) is 2.76. The highest BCUT2D eigenvalue weighted by molar-refractivity contribution is 5.53. The lowest BCUT2D eigenvalue weighted by Crippen LogP contribution is -2.46. The van der Waals surface area contributed by atoms with Gasteiger partial charge in [0.05, 0.1) is 11.0 Å². The van der Waals surface area contributed by atoms with Gasteiger partial charge in [0.2, 0.25) is 0 Å². The van der Waals surface area contributed by atoms with Crippen molar-refractivity contribution in [3.63, 3.8) is 0 Å². The second kappa shape index (κ2) is 6.86. The Hall–Kier alpha value is -2.17. The summed E-state index contributed by atoms with van der Waals surface area (Å²) in [5.41, 5.74) is 0.984. The van der Waals surface area contributed by atoms with Crippen molar-refractivity contribution in [1.29, 1.82) is 0 Å². The van der Waals surface area contributed by atoms with E-state index < -0.39 is 24.7 Å². The van der Waals surface area contributed by atoms with E-state index in [9.17, 15) is 13.2 Å². The molecule has 1 heterocycles. The largest absolute Gasteiger partial charge is 0.416 e. The molecule has 26 heavy (non-hydrogen) atoms. The van der Waals surface area contributed by atoms with Crippen LogP contribution in [-0.2, 0) is 11.6 Å². The standard InChI is InChI=1S/C21H25F3N2/c1-20(2,3)16-4-8-18(9-5-16)25-12-14-26(15-13-25)19-10-6-17(7-11-19)21(22,23)24/h4-11H,12-15H2,1-3H3/i14D2,15D2. The first-order valence-electron chi connectivity index (χ1n) is 10.4. The van der Waals surface area contributed by atoms with Crippen LogP contribution in [0.3, 0.4) is 0 Å². The average molecular weight is 366 g/mol. The normalized spacial score (nSPS) is 22.2. The lowest BCUT2D eigenvalue weighted by molar-refractivity contribution is -0.137. The second-order valence-electron chi connectivity index (χ2n) is 7.35. The maximum Gasteiger partial charge on any atom is 0.416 e. The molecule has 0 aliphatic carbocycles. The third kappa shape index (κ3) is 4.14. The molecule has 2 aromatic carbocycles. The van der Waals surface area contributed by atoms with Gasteiger partial charge in [-0.1, -0.05) is 32.9 Å². The fraction of sp³-hybridized carbons (Fsp3) is 0.429. The molecule has 1 saturated heterocycles. The van der Waals surface area contributed by atoms with Gasteiger partial charge in [-0.3, -0.25) is 0 Å². The van der Waals surface area contributed by atoms with Crippen molar-refractivity contribution in [2.45, 2.75) is 32.4 Å². The van der Waals surface area contributed by atoms with Gasteiger partial charge in [0.1, 0.15) is 0 Å². The van der Waals surface area contributed by atoms with Crippen molar-refractivity contribution >= 4 is 11.4 Å². The van der Waals surface area contributed by atoms with Gasteiger partial charge in [-0.2, -0.15) is 13.2 Å². The van der Waals surface area contributed by atoms with Crippen LogP contribution in [0, 0.1) is 0 Å². The maximum atomic E-state index is 12.8. The zero-order valence-corrected chi connectivity index (χ0v) is 15.1. The van der Waals surface area contributed by atoms with Gasteiger partial charge in [-0.15, -0.1) is 0 Å². The predicted octanol–water partition coefficient (Wildman–Crippen LogP) is 5.33. The Morgan fingerprint density at radius 1 is 0.731 bits per heavy atom. The molecule has 1 aliphatic heterocycles. The van der Waals surface area contributed by atoms with Crippen molar-refractivity contribution in [1.82, 2.24) is 0 Å². The Morgan fingerprint density at radius 3 is 1.58 bits per heavy atom. The molecule has 0 saturated carbocycles. The van der Waals surface area contributed by atoms with Gasteiger partial charge in [-0.05, 0) is 47.4 Å². The monoisotopic (exact) mass is 366 g/mol. The van der Waals surface area contributed by atoms with E-state index in [1.165, 1.54) is 0 Å². The summed E-state index contributed by atoms with van der Waals surface area (Å²) in [6.45, 7) is 1.74. The van der Waals surface area contributed by atoms with Crippen LogP contribution in [0.15, 0.2) is 48.5 Å². The number of hydrogen-bond acceptors (Lipinski definition) is 2. The zero-order chi connectivity index (χ0) is 22.5. The molecule has 3 rings (SSSR count). The van der Waals surface area contributed by atoms with E-state index in [1.807, 2.05) is 24.3 Å². The molecule has 0 amide bonds. The molecule has 2 nitrogen and oxygen atoms in total. The maximum absolute atomic E-state index is 12.8. The van der Waals surface area contributed by atoms with Crippen molar-refractivity contribution in [2.24, 2.45) is 0 Å². The van der Waals surface area contributed by atoms with E-state index in [0.717, 1.165) is 34.7 Å². The molecular formula is C21H25F3N2. The number of halogens is 3. The molecule has 2 aromatic rings. The molecule has 140 valence electrons. The number of anilines is 2. The highest BCUT2D eigenvalue weighted by Crippen LogP contribution is 2.31. The molecule has 0 radical (unpaired) electrons. The summed E-state index contributed by atoms with van der Waals surface area (Å²) < 4.78 is 72.4. The van der Waals surface area contributed by atoms with Gasteiger partial charge < -0.3 is 9.80 Å². The van der Waals surface area contributed by atoms with Gasteiger partial charge in [0.25, 0.3) is 0 Å². The lowest BCUT2D eigenvalue weighted by atomic mass is 9.87. The highest BCUT2D eigenvalue weighted by Gasteiger charge is 2.30. The summed E-state index contributed by atoms with van der Waals surface area (Å²) in [7, 11) is 0. The first-order chi connectivity index (χ1) is 13.6. The predicted molar refractivity (Wildman–Crippen MR) is 101 cm³/mol. The third-order valence-electron chi connectivity index (χ3n) is 4.39. The molecule has 1 aliphatic rings. The zero-order valence-electron chi connectivity index (χ0n) is 19.1. The summed E-state index contributed by atoms with van der Waals surface area (Å²) >= 11 is 0. The van der Waals surface area contributed by atoms with Crippen LogP contribution in [0.4, 0.5) is 24.5 Å². The summed E-state index contributed by atoms with van der Waals surface area (Å²) in [4.78, 5) is 2.56. The quantitative estimate of drug-likeness (QED) is 0.709. The van der Waals surface area contributed by atoms with E-state index in [4.69, 9.17) is 5.48 Å². The first-order valence-corrected chi connectivity index (χ1v) is 8.44. The minimum atomic E-state index is -4.51. The van der Waals surface area contributed by atoms with E-state index in [0.29, 0.717) is 5.69 Å². The Kier molecular flexibility index (Phi) is 3.68. The van der Waals surface area contributed by atoms with E-state index in [-0.39, 0.29) is 24.2 Å². The average Bonchev–Trinajstić information content (AvgIpc) is 2.58. The third-order valence-corrected chi connectivity index (χ3v) is 4.39. The van der Waals surface area contributed by atoms with Gasteiger partial charge in [0, 0.05) is 37.5 Å². The Balaban J connectivity index is 1.89. The number of alkyl halides is 3. The van der Waals surface area contributed by atoms with E-state index >= 15 is 0 Å². The van der Waals surface area contributed by atoms with Crippen molar-refractivity contribution in [2.75, 3.05) is 35.9 Å². The van der Waals surface area contributed by atoms with Gasteiger partial charge in [-0.25, -0.2) is 0 Å². The number of nitrogens with zero attached hydrogens (tertiary/aromatic N) is 2.